The largest absolute Gasteiger partial charge is 0.506 e. The normalized spacial score (nSPS) is 13.5. The number of nitrogen functional groups attached to an aromatic ring is 2. The first kappa shape index (κ1) is 29.6. The predicted octanol–water partition coefficient (Wildman–Crippen LogP) is 7.38. The molecule has 3 rings (SSSR count). The maximum atomic E-state index is 14.7. The average Bonchev–Trinajstić information content (AvgIpc) is 2.75. The summed E-state index contributed by atoms with van der Waals surface area (Å²) >= 11 is 0. The van der Waals surface area contributed by atoms with Gasteiger partial charge in [0.15, 0.2) is 5.75 Å². The first-order valence-electron chi connectivity index (χ1n) is 10.2. The van der Waals surface area contributed by atoms with E-state index in [0.29, 0.717) is 18.2 Å². The smallest absolute Gasteiger partial charge is 0.420 e. The van der Waals surface area contributed by atoms with Crippen molar-refractivity contribution in [1.29, 1.82) is 0 Å². The summed E-state index contributed by atoms with van der Waals surface area (Å²) in [5.74, 6) is -3.18. The van der Waals surface area contributed by atoms with E-state index in [1.54, 1.807) is 0 Å². The SMILES string of the molecule is Nc1cc(C(c2ccccc2-c2cc(O)c(N)c(C(F)(F)F)c2)(C(F)(F)F)C(F)(F)F)cc(C(F)(F)F)c1O. The zero-order valence-electron chi connectivity index (χ0n) is 18.7. The highest BCUT2D eigenvalue weighted by Crippen LogP contribution is 2.59. The molecule has 3 aromatic rings. The van der Waals surface area contributed by atoms with Crippen LogP contribution >= 0.6 is 0 Å². The first-order chi connectivity index (χ1) is 17.5. The third kappa shape index (κ3) is 4.83. The number of hydrogen-bond acceptors (Lipinski definition) is 4. The molecule has 0 amide bonds. The lowest BCUT2D eigenvalue weighted by Crippen LogP contribution is -2.55. The van der Waals surface area contributed by atoms with E-state index in [4.69, 9.17) is 11.5 Å². The van der Waals surface area contributed by atoms with Crippen molar-refractivity contribution in [2.24, 2.45) is 0 Å². The quantitative estimate of drug-likeness (QED) is 0.148. The predicted molar refractivity (Wildman–Crippen MR) is 113 cm³/mol. The molecule has 0 aliphatic carbocycles. The second kappa shape index (κ2) is 9.05. The van der Waals surface area contributed by atoms with Crippen molar-refractivity contribution in [2.45, 2.75) is 30.1 Å². The van der Waals surface area contributed by atoms with Gasteiger partial charge in [0.25, 0.3) is 0 Å². The van der Waals surface area contributed by atoms with Crippen LogP contribution in [0.15, 0.2) is 48.5 Å². The van der Waals surface area contributed by atoms with Crippen LogP contribution in [0.5, 0.6) is 11.5 Å². The van der Waals surface area contributed by atoms with Gasteiger partial charge < -0.3 is 21.7 Å². The van der Waals surface area contributed by atoms with Crippen molar-refractivity contribution in [3.63, 3.8) is 0 Å². The highest BCUT2D eigenvalue weighted by Gasteiger charge is 2.73. The van der Waals surface area contributed by atoms with E-state index in [1.165, 1.54) is 0 Å². The van der Waals surface area contributed by atoms with Gasteiger partial charge in [0.05, 0.1) is 22.5 Å². The van der Waals surface area contributed by atoms with Crippen molar-refractivity contribution < 1.29 is 62.9 Å². The number of hydrogen-bond donors (Lipinski definition) is 4. The van der Waals surface area contributed by atoms with Crippen molar-refractivity contribution >= 4 is 11.4 Å². The number of alkyl halides is 12. The van der Waals surface area contributed by atoms with Gasteiger partial charge in [-0.3, -0.25) is 0 Å². The molecule has 3 aromatic carbocycles. The van der Waals surface area contributed by atoms with Crippen molar-refractivity contribution in [1.82, 2.24) is 0 Å². The minimum Gasteiger partial charge on any atom is -0.506 e. The second-order valence-corrected chi connectivity index (χ2v) is 8.20. The summed E-state index contributed by atoms with van der Waals surface area (Å²) in [6.45, 7) is 0. The number of phenolic OH excluding ortho intramolecular Hbond substituents is 2. The fraction of sp³-hybridized carbons (Fsp3) is 0.217. The minimum atomic E-state index is -6.49. The number of phenols is 2. The Bertz CT molecular complexity index is 1390. The molecule has 0 aliphatic heterocycles. The monoisotopic (exact) mass is 578 g/mol. The van der Waals surface area contributed by atoms with Crippen LogP contribution < -0.4 is 11.5 Å². The molecule has 0 aromatic heterocycles. The van der Waals surface area contributed by atoms with Crippen LogP contribution in [-0.2, 0) is 17.8 Å². The maximum absolute atomic E-state index is 14.7. The fourth-order valence-electron chi connectivity index (χ4n) is 4.13. The van der Waals surface area contributed by atoms with Gasteiger partial charge in [0, 0.05) is 0 Å². The van der Waals surface area contributed by atoms with E-state index < -0.39 is 92.4 Å². The van der Waals surface area contributed by atoms with Crippen LogP contribution in [-0.4, -0.2) is 22.6 Å². The Hall–Kier alpha value is -3.98. The van der Waals surface area contributed by atoms with Crippen LogP contribution in [0, 0.1) is 0 Å². The minimum absolute atomic E-state index is 0.0811. The molecule has 4 nitrogen and oxygen atoms in total. The molecule has 0 radical (unpaired) electrons. The average molecular weight is 578 g/mol. The lowest BCUT2D eigenvalue weighted by atomic mass is 9.69. The number of nitrogens with two attached hydrogens (primary N) is 2. The number of benzene rings is 3. The molecular formula is C23H14F12N2O2. The summed E-state index contributed by atoms with van der Waals surface area (Å²) in [5, 5.41) is 19.5. The van der Waals surface area contributed by atoms with E-state index in [9.17, 15) is 62.9 Å². The summed E-state index contributed by atoms with van der Waals surface area (Å²) in [6.07, 6.45) is -24.0. The Morgan fingerprint density at radius 3 is 1.59 bits per heavy atom. The Morgan fingerprint density at radius 1 is 0.590 bits per heavy atom. The molecule has 0 bridgehead atoms. The Morgan fingerprint density at radius 2 is 1.10 bits per heavy atom. The standard InChI is InChI=1S/C23H14F12N2O2/c24-20(25,26)13-5-9(6-16(38)17(13)37)11-3-1-2-4-12(11)19(22(30,31)32,23(33,34)35)10-7-14(21(27,28)29)18(39)15(36)8-10/h1-8,38-39H,36-37H2. The lowest BCUT2D eigenvalue weighted by molar-refractivity contribution is -0.288. The summed E-state index contributed by atoms with van der Waals surface area (Å²) in [7, 11) is 0. The highest BCUT2D eigenvalue weighted by atomic mass is 19.4. The summed E-state index contributed by atoms with van der Waals surface area (Å²) in [6, 6.07) is 1.93. The highest BCUT2D eigenvalue weighted by molar-refractivity contribution is 5.77. The van der Waals surface area contributed by atoms with E-state index in [1.807, 2.05) is 0 Å². The summed E-state index contributed by atoms with van der Waals surface area (Å²) < 4.78 is 169. The fourth-order valence-corrected chi connectivity index (χ4v) is 4.13. The molecule has 0 spiro atoms. The molecule has 0 unspecified atom stereocenters. The van der Waals surface area contributed by atoms with Crippen LogP contribution in [0.4, 0.5) is 64.1 Å². The summed E-state index contributed by atoms with van der Waals surface area (Å²) in [4.78, 5) is 0. The molecule has 6 N–H and O–H groups in total. The van der Waals surface area contributed by atoms with Crippen molar-refractivity contribution in [2.75, 3.05) is 11.5 Å². The molecule has 16 heteroatoms. The van der Waals surface area contributed by atoms with Gasteiger partial charge in [0.1, 0.15) is 5.75 Å². The number of halogens is 12. The van der Waals surface area contributed by atoms with E-state index >= 15 is 0 Å². The second-order valence-electron chi connectivity index (χ2n) is 8.20. The van der Waals surface area contributed by atoms with Crippen molar-refractivity contribution in [3.8, 4) is 22.6 Å². The molecule has 0 saturated heterocycles. The van der Waals surface area contributed by atoms with Gasteiger partial charge in [-0.2, -0.15) is 52.7 Å². The zero-order valence-corrected chi connectivity index (χ0v) is 18.7. The molecule has 0 heterocycles. The van der Waals surface area contributed by atoms with E-state index in [0.717, 1.165) is 6.07 Å². The van der Waals surface area contributed by atoms with Gasteiger partial charge in [-0.25, -0.2) is 0 Å². The lowest BCUT2D eigenvalue weighted by Gasteiger charge is -2.40. The third-order valence-corrected chi connectivity index (χ3v) is 5.83. The molecule has 212 valence electrons. The van der Waals surface area contributed by atoms with Crippen molar-refractivity contribution in [3.05, 3.63) is 70.8 Å². The van der Waals surface area contributed by atoms with Gasteiger partial charge in [-0.15, -0.1) is 0 Å². The van der Waals surface area contributed by atoms with Gasteiger partial charge in [0.2, 0.25) is 5.41 Å². The Labute approximate surface area is 210 Å². The maximum Gasteiger partial charge on any atom is 0.420 e. The molecule has 0 atom stereocenters. The number of rotatable bonds is 3. The van der Waals surface area contributed by atoms with Crippen LogP contribution in [0.2, 0.25) is 0 Å². The van der Waals surface area contributed by atoms with Gasteiger partial charge in [-0.05, 0) is 46.5 Å². The number of anilines is 2. The zero-order chi connectivity index (χ0) is 29.9. The van der Waals surface area contributed by atoms with Gasteiger partial charge in [-0.1, -0.05) is 24.3 Å². The number of aromatic hydroxyl groups is 2. The van der Waals surface area contributed by atoms with E-state index in [2.05, 4.69) is 0 Å². The van der Waals surface area contributed by atoms with Crippen LogP contribution in [0.3, 0.4) is 0 Å². The van der Waals surface area contributed by atoms with Crippen LogP contribution in [0.1, 0.15) is 22.3 Å². The third-order valence-electron chi connectivity index (χ3n) is 5.83. The Balaban J connectivity index is 2.58. The molecule has 0 aliphatic rings. The molecule has 0 fully saturated rings. The van der Waals surface area contributed by atoms with Crippen LogP contribution in [0.25, 0.3) is 11.1 Å². The van der Waals surface area contributed by atoms with E-state index in [-0.39, 0.29) is 18.2 Å². The Kier molecular flexibility index (Phi) is 6.86. The van der Waals surface area contributed by atoms with Gasteiger partial charge >= 0.3 is 24.7 Å². The summed E-state index contributed by atoms with van der Waals surface area (Å²) in [5.41, 5.74) is -8.04. The first-order valence-corrected chi connectivity index (χ1v) is 10.2. The molecular weight excluding hydrogens is 564 g/mol. The molecule has 39 heavy (non-hydrogen) atoms. The molecule has 0 saturated carbocycles. The topological polar surface area (TPSA) is 92.5 Å².